The van der Waals surface area contributed by atoms with Crippen molar-refractivity contribution in [1.82, 2.24) is 14.5 Å². The molecule has 69 heavy (non-hydrogen) atoms. The molecule has 8 aromatic carbocycles. The summed E-state index contributed by atoms with van der Waals surface area (Å²) in [6, 6.07) is 52.3. The van der Waals surface area contributed by atoms with Gasteiger partial charge in [0.1, 0.15) is 22.6 Å². The lowest BCUT2D eigenvalue weighted by molar-refractivity contribution is 0.476. The van der Waals surface area contributed by atoms with E-state index in [1.165, 1.54) is 61.2 Å². The Labute approximate surface area is 403 Å². The summed E-state index contributed by atoms with van der Waals surface area (Å²) in [7, 11) is 0. The fourth-order valence-electron chi connectivity index (χ4n) is 11.9. The minimum absolute atomic E-state index is 0.253. The van der Waals surface area contributed by atoms with E-state index in [9.17, 15) is 5.11 Å². The van der Waals surface area contributed by atoms with Crippen LogP contribution in [0.25, 0.3) is 106 Å². The van der Waals surface area contributed by atoms with Gasteiger partial charge in [-0.25, -0.2) is 9.97 Å². The zero-order valence-corrected chi connectivity index (χ0v) is 40.5. The van der Waals surface area contributed by atoms with Crippen molar-refractivity contribution >= 4 is 33.0 Å². The van der Waals surface area contributed by atoms with Gasteiger partial charge in [0, 0.05) is 21.9 Å². The Morgan fingerprint density at radius 1 is 0.464 bits per heavy atom. The summed E-state index contributed by atoms with van der Waals surface area (Å²) in [4.78, 5) is 11.4. The fraction of sp³-hybridized carbons (Fsp3) is 0.156. The molecule has 0 radical (unpaired) electrons. The van der Waals surface area contributed by atoms with Crippen LogP contribution in [0.2, 0.25) is 0 Å². The summed E-state index contributed by atoms with van der Waals surface area (Å²) in [5.41, 5.74) is 28.1. The van der Waals surface area contributed by atoms with Crippen molar-refractivity contribution in [3.05, 3.63) is 201 Å². The number of imidazole rings is 1. The molecule has 0 spiro atoms. The van der Waals surface area contributed by atoms with Crippen LogP contribution in [0, 0.1) is 55.4 Å². The molecule has 0 saturated carbocycles. The van der Waals surface area contributed by atoms with E-state index in [1.807, 2.05) is 18.2 Å². The molecule has 0 bridgehead atoms. The summed E-state index contributed by atoms with van der Waals surface area (Å²) >= 11 is 0. The predicted octanol–water partition coefficient (Wildman–Crippen LogP) is 16.6. The van der Waals surface area contributed by atoms with Crippen molar-refractivity contribution in [2.75, 3.05) is 0 Å². The highest BCUT2D eigenvalue weighted by molar-refractivity contribution is 6.12. The Morgan fingerprint density at radius 2 is 1.07 bits per heavy atom. The maximum Gasteiger partial charge on any atom is 0.164 e. The Morgan fingerprint density at radius 3 is 1.77 bits per heavy atom. The number of aryl methyl sites for hydroxylation is 10. The lowest BCUT2D eigenvalue weighted by atomic mass is 9.80. The van der Waals surface area contributed by atoms with E-state index in [2.05, 4.69) is 181 Å². The van der Waals surface area contributed by atoms with Crippen molar-refractivity contribution in [2.45, 2.75) is 68.2 Å². The van der Waals surface area contributed by atoms with Crippen LogP contribution in [-0.2, 0) is 12.8 Å². The molecule has 336 valence electrons. The SMILES string of the molecule is Cc1cc(C)c(-c2cccc(-c3c(C)cc(C)cc3C)c2-c2ccc3c(nc(-c4ccc5c(n4)-c4c(O)cccc4CC5)n3-c3c(C)cccc3C)c2-c2ccc3oc4ccccc4c3c2)c(C)c1. The minimum Gasteiger partial charge on any atom is -0.507 e. The third-order valence-electron chi connectivity index (χ3n) is 14.6. The summed E-state index contributed by atoms with van der Waals surface area (Å²) in [6.07, 6.45) is 1.71. The van der Waals surface area contributed by atoms with E-state index in [1.54, 1.807) is 6.07 Å². The lowest BCUT2D eigenvalue weighted by Crippen LogP contribution is -2.08. The standard InChI is InChI=1S/C64H53N3O2/c1-35-30-39(5)56(40(6)31-35)47-18-13-19-48(57-41(7)32-36(2)33-42(57)8)60(47)49-26-28-52-62(58(49)45-25-29-55-50(34-45)46-17-9-10-21-54(46)69-55)66-64(67(52)63-37(3)14-11-15-38(63)4)51-27-24-44-23-22-43-16-12-20-53(68)59(43)61(44)65-51/h9-21,24-34,68H,22-23H2,1-8H3. The number of fused-ring (bicyclic) bond motifs is 7. The van der Waals surface area contributed by atoms with E-state index >= 15 is 0 Å². The molecule has 0 unspecified atom stereocenters. The zero-order valence-electron chi connectivity index (χ0n) is 40.5. The maximum atomic E-state index is 11.3. The normalized spacial score (nSPS) is 12.3. The topological polar surface area (TPSA) is 64.1 Å². The first-order chi connectivity index (χ1) is 33.4. The number of aromatic nitrogens is 3. The smallest absolute Gasteiger partial charge is 0.164 e. The highest BCUT2D eigenvalue weighted by Crippen LogP contribution is 2.50. The van der Waals surface area contributed by atoms with Gasteiger partial charge in [0.2, 0.25) is 0 Å². The molecule has 3 heterocycles. The molecule has 0 amide bonds. The number of furan rings is 1. The van der Waals surface area contributed by atoms with Gasteiger partial charge in [-0.2, -0.15) is 0 Å². The molecule has 1 aliphatic rings. The average molecular weight is 896 g/mol. The first-order valence-corrected chi connectivity index (χ1v) is 24.1. The quantitative estimate of drug-likeness (QED) is 0.181. The summed E-state index contributed by atoms with van der Waals surface area (Å²) in [5, 5.41) is 13.5. The number of hydrogen-bond acceptors (Lipinski definition) is 4. The molecule has 11 aromatic rings. The van der Waals surface area contributed by atoms with Crippen LogP contribution in [0.4, 0.5) is 0 Å². The van der Waals surface area contributed by atoms with Crippen molar-refractivity contribution in [3.8, 4) is 78.7 Å². The Hall–Kier alpha value is -8.02. The largest absolute Gasteiger partial charge is 0.507 e. The third kappa shape index (κ3) is 6.74. The van der Waals surface area contributed by atoms with Gasteiger partial charge < -0.3 is 9.52 Å². The van der Waals surface area contributed by atoms with Crippen molar-refractivity contribution in [1.29, 1.82) is 0 Å². The molecular formula is C64H53N3O2. The van der Waals surface area contributed by atoms with Gasteiger partial charge >= 0.3 is 0 Å². The zero-order chi connectivity index (χ0) is 47.4. The molecule has 0 saturated heterocycles. The molecule has 0 fully saturated rings. The van der Waals surface area contributed by atoms with Gasteiger partial charge in [-0.05, 0) is 188 Å². The summed E-state index contributed by atoms with van der Waals surface area (Å²) in [6.45, 7) is 17.7. The molecule has 5 nitrogen and oxygen atoms in total. The molecular weight excluding hydrogens is 843 g/mol. The average Bonchev–Trinajstić information content (AvgIpc) is 3.89. The highest BCUT2D eigenvalue weighted by Gasteiger charge is 2.29. The van der Waals surface area contributed by atoms with Crippen molar-refractivity contribution in [3.63, 3.8) is 0 Å². The van der Waals surface area contributed by atoms with Crippen LogP contribution in [0.15, 0.2) is 150 Å². The molecule has 0 atom stereocenters. The predicted molar refractivity (Wildman–Crippen MR) is 286 cm³/mol. The van der Waals surface area contributed by atoms with Crippen LogP contribution >= 0.6 is 0 Å². The molecule has 1 aliphatic carbocycles. The van der Waals surface area contributed by atoms with Crippen LogP contribution < -0.4 is 0 Å². The van der Waals surface area contributed by atoms with Crippen LogP contribution in [0.3, 0.4) is 0 Å². The van der Waals surface area contributed by atoms with E-state index in [0.29, 0.717) is 0 Å². The van der Waals surface area contributed by atoms with Gasteiger partial charge in [-0.1, -0.05) is 120 Å². The Kier molecular flexibility index (Phi) is 9.86. The number of rotatable bonds is 6. The number of para-hydroxylation sites is 2. The van der Waals surface area contributed by atoms with Crippen molar-refractivity contribution < 1.29 is 9.52 Å². The first kappa shape index (κ1) is 42.3. The summed E-state index contributed by atoms with van der Waals surface area (Å²) in [5.74, 6) is 0.993. The monoisotopic (exact) mass is 895 g/mol. The highest BCUT2D eigenvalue weighted by atomic mass is 16.3. The van der Waals surface area contributed by atoms with Gasteiger partial charge in [-0.15, -0.1) is 0 Å². The second-order valence-corrected chi connectivity index (χ2v) is 19.5. The minimum atomic E-state index is 0.253. The van der Waals surface area contributed by atoms with Crippen LogP contribution in [0.1, 0.15) is 55.6 Å². The molecule has 1 N–H and O–H groups in total. The second kappa shape index (κ2) is 16.1. The molecule has 5 heteroatoms. The van der Waals surface area contributed by atoms with E-state index in [0.717, 1.165) is 113 Å². The second-order valence-electron chi connectivity index (χ2n) is 19.5. The number of hydrogen-bond donors (Lipinski definition) is 1. The van der Waals surface area contributed by atoms with Gasteiger partial charge in [0.15, 0.2) is 5.82 Å². The molecule has 0 aliphatic heterocycles. The van der Waals surface area contributed by atoms with Gasteiger partial charge in [0.25, 0.3) is 0 Å². The third-order valence-corrected chi connectivity index (χ3v) is 14.6. The van der Waals surface area contributed by atoms with E-state index in [-0.39, 0.29) is 5.75 Å². The fourth-order valence-corrected chi connectivity index (χ4v) is 11.9. The number of phenolic OH excluding ortho intramolecular Hbond substituents is 1. The van der Waals surface area contributed by atoms with E-state index in [4.69, 9.17) is 14.4 Å². The van der Waals surface area contributed by atoms with Crippen molar-refractivity contribution in [2.24, 2.45) is 0 Å². The van der Waals surface area contributed by atoms with Gasteiger partial charge in [-0.3, -0.25) is 4.57 Å². The maximum absolute atomic E-state index is 11.3. The number of phenols is 1. The first-order valence-electron chi connectivity index (χ1n) is 24.1. The van der Waals surface area contributed by atoms with Gasteiger partial charge in [0.05, 0.1) is 22.4 Å². The number of benzene rings is 8. The number of aromatic hydroxyl groups is 1. The Balaban J connectivity index is 1.25. The van der Waals surface area contributed by atoms with E-state index < -0.39 is 0 Å². The Bertz CT molecular complexity index is 3810. The molecule has 12 rings (SSSR count). The molecule has 3 aromatic heterocycles. The lowest BCUT2D eigenvalue weighted by Gasteiger charge is -2.24. The van der Waals surface area contributed by atoms with Crippen LogP contribution in [-0.4, -0.2) is 19.6 Å². The number of pyridine rings is 1. The van der Waals surface area contributed by atoms with Crippen LogP contribution in [0.5, 0.6) is 5.75 Å². The number of nitrogens with zero attached hydrogens (tertiary/aromatic N) is 3. The summed E-state index contributed by atoms with van der Waals surface area (Å²) < 4.78 is 8.80.